The fourth-order valence-corrected chi connectivity index (χ4v) is 2.29. The number of fused-ring (bicyclic) bond motifs is 1. The average molecular weight is 214 g/mol. The van der Waals surface area contributed by atoms with E-state index in [2.05, 4.69) is 38.1 Å². The zero-order valence-electron chi connectivity index (χ0n) is 9.94. The molecule has 1 heteroatoms. The third-order valence-electron chi connectivity index (χ3n) is 3.04. The molecule has 1 aromatic rings. The van der Waals surface area contributed by atoms with Crippen molar-refractivity contribution < 1.29 is 4.79 Å². The van der Waals surface area contributed by atoms with Crippen molar-refractivity contribution in [1.29, 1.82) is 0 Å². The van der Waals surface area contributed by atoms with Crippen LogP contribution >= 0.6 is 0 Å². The van der Waals surface area contributed by atoms with Crippen molar-refractivity contribution >= 4 is 11.9 Å². The summed E-state index contributed by atoms with van der Waals surface area (Å²) in [5.74, 6) is 0.918. The van der Waals surface area contributed by atoms with E-state index in [1.54, 1.807) is 0 Å². The molecule has 2 rings (SSSR count). The Morgan fingerprint density at radius 3 is 2.88 bits per heavy atom. The second-order valence-corrected chi connectivity index (χ2v) is 4.88. The Morgan fingerprint density at radius 2 is 2.12 bits per heavy atom. The molecule has 0 fully saturated rings. The summed E-state index contributed by atoms with van der Waals surface area (Å²) in [6.07, 6.45) is 5.79. The SMILES string of the molecule is CC(C)CC(=O)C1CC=Cc2ccccc21. The Balaban J connectivity index is 2.25. The molecule has 84 valence electrons. The van der Waals surface area contributed by atoms with Gasteiger partial charge in [0, 0.05) is 12.3 Å². The molecule has 1 aromatic carbocycles. The molecule has 0 saturated carbocycles. The number of allylic oxidation sites excluding steroid dienone is 1. The van der Waals surface area contributed by atoms with E-state index in [1.807, 2.05) is 12.1 Å². The molecule has 0 aromatic heterocycles. The Bertz CT molecular complexity index is 415. The lowest BCUT2D eigenvalue weighted by Gasteiger charge is -2.21. The van der Waals surface area contributed by atoms with Gasteiger partial charge in [-0.05, 0) is 23.5 Å². The van der Waals surface area contributed by atoms with Crippen molar-refractivity contribution in [3.8, 4) is 0 Å². The molecule has 0 spiro atoms. The molecule has 0 saturated heterocycles. The van der Waals surface area contributed by atoms with Crippen LogP contribution in [-0.2, 0) is 4.79 Å². The van der Waals surface area contributed by atoms with Gasteiger partial charge in [-0.25, -0.2) is 0 Å². The van der Waals surface area contributed by atoms with E-state index in [1.165, 1.54) is 11.1 Å². The van der Waals surface area contributed by atoms with E-state index in [9.17, 15) is 4.79 Å². The van der Waals surface area contributed by atoms with Crippen molar-refractivity contribution in [3.63, 3.8) is 0 Å². The standard InChI is InChI=1S/C15H18O/c1-11(2)10-15(16)14-9-5-7-12-6-3-4-8-13(12)14/h3-8,11,14H,9-10H2,1-2H3. The average Bonchev–Trinajstić information content (AvgIpc) is 2.27. The highest BCUT2D eigenvalue weighted by Gasteiger charge is 2.23. The molecule has 1 nitrogen and oxygen atoms in total. The number of carbonyl (C=O) groups excluding carboxylic acids is 1. The number of carbonyl (C=O) groups is 1. The van der Waals surface area contributed by atoms with Gasteiger partial charge < -0.3 is 0 Å². The smallest absolute Gasteiger partial charge is 0.140 e. The summed E-state index contributed by atoms with van der Waals surface area (Å²) in [5, 5.41) is 0. The van der Waals surface area contributed by atoms with Crippen molar-refractivity contribution in [2.75, 3.05) is 0 Å². The summed E-state index contributed by atoms with van der Waals surface area (Å²) in [7, 11) is 0. The van der Waals surface area contributed by atoms with Gasteiger partial charge in [0.05, 0.1) is 0 Å². The largest absolute Gasteiger partial charge is 0.299 e. The first kappa shape index (κ1) is 11.1. The number of rotatable bonds is 3. The Morgan fingerprint density at radius 1 is 1.38 bits per heavy atom. The fraction of sp³-hybridized carbons (Fsp3) is 0.400. The lowest BCUT2D eigenvalue weighted by molar-refractivity contribution is -0.121. The van der Waals surface area contributed by atoms with Crippen LogP contribution in [0.1, 0.15) is 43.7 Å². The maximum atomic E-state index is 12.1. The summed E-state index contributed by atoms with van der Waals surface area (Å²) < 4.78 is 0. The lowest BCUT2D eigenvalue weighted by atomic mass is 9.82. The van der Waals surface area contributed by atoms with Crippen molar-refractivity contribution in [2.45, 2.75) is 32.6 Å². The van der Waals surface area contributed by atoms with Gasteiger partial charge in [0.25, 0.3) is 0 Å². The van der Waals surface area contributed by atoms with Crippen LogP contribution in [0, 0.1) is 5.92 Å². The second-order valence-electron chi connectivity index (χ2n) is 4.88. The molecular weight excluding hydrogens is 196 g/mol. The van der Waals surface area contributed by atoms with Crippen molar-refractivity contribution in [2.24, 2.45) is 5.92 Å². The third-order valence-corrected chi connectivity index (χ3v) is 3.04. The molecule has 1 unspecified atom stereocenters. The molecule has 1 aliphatic rings. The quantitative estimate of drug-likeness (QED) is 0.748. The highest BCUT2D eigenvalue weighted by Crippen LogP contribution is 2.31. The molecule has 0 N–H and O–H groups in total. The van der Waals surface area contributed by atoms with Crippen LogP contribution in [0.25, 0.3) is 6.08 Å². The molecule has 0 radical (unpaired) electrons. The minimum atomic E-state index is 0.0867. The van der Waals surface area contributed by atoms with E-state index in [0.29, 0.717) is 18.1 Å². The third kappa shape index (κ3) is 2.24. The number of hydrogen-bond acceptors (Lipinski definition) is 1. The van der Waals surface area contributed by atoms with Crippen LogP contribution < -0.4 is 0 Å². The van der Waals surface area contributed by atoms with Crippen LogP contribution in [0.2, 0.25) is 0 Å². The molecule has 0 amide bonds. The summed E-state index contributed by atoms with van der Waals surface area (Å²) >= 11 is 0. The first-order chi connectivity index (χ1) is 7.68. The Kier molecular flexibility index (Phi) is 3.23. The zero-order chi connectivity index (χ0) is 11.5. The predicted molar refractivity (Wildman–Crippen MR) is 67.3 cm³/mol. The molecule has 0 aliphatic heterocycles. The zero-order valence-corrected chi connectivity index (χ0v) is 9.94. The van der Waals surface area contributed by atoms with Crippen molar-refractivity contribution in [1.82, 2.24) is 0 Å². The number of Topliss-reactive ketones (excluding diaryl/α,β-unsaturated/α-hetero) is 1. The highest BCUT2D eigenvalue weighted by atomic mass is 16.1. The fourth-order valence-electron chi connectivity index (χ4n) is 2.29. The van der Waals surface area contributed by atoms with E-state index in [-0.39, 0.29) is 5.92 Å². The van der Waals surface area contributed by atoms with Gasteiger partial charge in [0.15, 0.2) is 0 Å². The van der Waals surface area contributed by atoms with E-state index < -0.39 is 0 Å². The van der Waals surface area contributed by atoms with Crippen LogP contribution in [0.15, 0.2) is 30.3 Å². The van der Waals surface area contributed by atoms with Gasteiger partial charge >= 0.3 is 0 Å². The molecular formula is C15H18O. The first-order valence-electron chi connectivity index (χ1n) is 5.96. The maximum absolute atomic E-state index is 12.1. The first-order valence-corrected chi connectivity index (χ1v) is 5.96. The minimum Gasteiger partial charge on any atom is -0.299 e. The number of hydrogen-bond donors (Lipinski definition) is 0. The van der Waals surface area contributed by atoms with Gasteiger partial charge in [-0.2, -0.15) is 0 Å². The summed E-state index contributed by atoms with van der Waals surface area (Å²) in [6, 6.07) is 8.22. The van der Waals surface area contributed by atoms with Crippen LogP contribution in [0.3, 0.4) is 0 Å². The Hall–Kier alpha value is -1.37. The van der Waals surface area contributed by atoms with Crippen LogP contribution in [0.4, 0.5) is 0 Å². The summed E-state index contributed by atoms with van der Waals surface area (Å²) in [5.41, 5.74) is 2.41. The lowest BCUT2D eigenvalue weighted by Crippen LogP contribution is -2.16. The van der Waals surface area contributed by atoms with E-state index in [0.717, 1.165) is 6.42 Å². The van der Waals surface area contributed by atoms with Gasteiger partial charge in [0.1, 0.15) is 5.78 Å². The van der Waals surface area contributed by atoms with E-state index >= 15 is 0 Å². The van der Waals surface area contributed by atoms with Crippen LogP contribution in [-0.4, -0.2) is 5.78 Å². The highest BCUT2D eigenvalue weighted by molar-refractivity contribution is 5.88. The van der Waals surface area contributed by atoms with Crippen molar-refractivity contribution in [3.05, 3.63) is 41.5 Å². The monoisotopic (exact) mass is 214 g/mol. The molecule has 0 bridgehead atoms. The molecule has 0 heterocycles. The Labute approximate surface area is 97.2 Å². The predicted octanol–water partition coefficient (Wildman–Crippen LogP) is 3.80. The van der Waals surface area contributed by atoms with E-state index in [4.69, 9.17) is 0 Å². The van der Waals surface area contributed by atoms with Gasteiger partial charge in [-0.1, -0.05) is 50.3 Å². The van der Waals surface area contributed by atoms with Gasteiger partial charge in [-0.3, -0.25) is 4.79 Å². The van der Waals surface area contributed by atoms with Gasteiger partial charge in [-0.15, -0.1) is 0 Å². The number of benzene rings is 1. The minimum absolute atomic E-state index is 0.0867. The molecule has 1 aliphatic carbocycles. The number of ketones is 1. The topological polar surface area (TPSA) is 17.1 Å². The molecule has 1 atom stereocenters. The normalized spacial score (nSPS) is 18.6. The maximum Gasteiger partial charge on any atom is 0.140 e. The van der Waals surface area contributed by atoms with Gasteiger partial charge in [0.2, 0.25) is 0 Å². The summed E-state index contributed by atoms with van der Waals surface area (Å²) in [4.78, 5) is 12.1. The second kappa shape index (κ2) is 4.65. The van der Waals surface area contributed by atoms with Crippen LogP contribution in [0.5, 0.6) is 0 Å². The summed E-state index contributed by atoms with van der Waals surface area (Å²) in [6.45, 7) is 4.20. The molecule has 16 heavy (non-hydrogen) atoms.